The highest BCUT2D eigenvalue weighted by Crippen LogP contribution is 2.25. The molecule has 0 saturated heterocycles. The van der Waals surface area contributed by atoms with Crippen LogP contribution in [-0.2, 0) is 6.54 Å². The summed E-state index contributed by atoms with van der Waals surface area (Å²) >= 11 is 6.02. The van der Waals surface area contributed by atoms with Gasteiger partial charge in [-0.1, -0.05) is 23.4 Å². The zero-order valence-electron chi connectivity index (χ0n) is 13.8. The Hall–Kier alpha value is -2.10. The number of nitrogens with zero attached hydrogens (tertiary/aromatic N) is 3. The molecule has 2 aromatic heterocycles. The molecule has 7 heteroatoms. The molecule has 0 radical (unpaired) electrons. The molecule has 5 nitrogen and oxygen atoms in total. The Bertz CT molecular complexity index is 783. The third-order valence-electron chi connectivity index (χ3n) is 4.17. The molecule has 0 spiro atoms. The smallest absolute Gasteiger partial charge is 0.131 e. The van der Waals surface area contributed by atoms with Crippen LogP contribution in [0.4, 0.5) is 10.1 Å². The lowest BCUT2D eigenvalue weighted by Crippen LogP contribution is -2.30. The molecule has 1 fully saturated rings. The Labute approximate surface area is 151 Å². The molecule has 25 heavy (non-hydrogen) atoms. The summed E-state index contributed by atoms with van der Waals surface area (Å²) in [5, 5.41) is 17.7. The Balaban J connectivity index is 1.78. The van der Waals surface area contributed by atoms with Crippen molar-refractivity contribution in [3.63, 3.8) is 0 Å². The number of pyridine rings is 1. The number of nitrogens with one attached hydrogen (secondary N) is 1. The molecule has 0 aromatic carbocycles. The second-order valence-corrected chi connectivity index (χ2v) is 6.53. The number of halogens is 2. The molecule has 0 unspecified atom stereocenters. The van der Waals surface area contributed by atoms with Gasteiger partial charge in [-0.05, 0) is 31.7 Å². The van der Waals surface area contributed by atoms with Crippen molar-refractivity contribution in [2.45, 2.75) is 44.4 Å². The third-order valence-corrected chi connectivity index (χ3v) is 4.37. The van der Waals surface area contributed by atoms with Crippen molar-refractivity contribution in [2.75, 3.05) is 12.0 Å². The minimum absolute atomic E-state index is 0.190. The molecule has 0 amide bonds. The number of hydrogen-bond donors (Lipinski definition) is 2. The van der Waals surface area contributed by atoms with E-state index in [4.69, 9.17) is 11.6 Å². The minimum atomic E-state index is -0.461. The molecule has 2 aromatic rings. The van der Waals surface area contributed by atoms with Crippen LogP contribution in [0.15, 0.2) is 24.7 Å². The Morgan fingerprint density at radius 3 is 3.04 bits per heavy atom. The molecule has 2 atom stereocenters. The number of rotatable bonds is 4. The fraction of sp³-hybridized carbons (Fsp3) is 0.444. The SMILES string of the molecule is O[C@H]1CCC[C@H](Nc2cc(Cl)ncc2C#Cc2cnn(CCF)c2)C1. The number of aliphatic hydroxyl groups excluding tert-OH is 1. The zero-order chi connectivity index (χ0) is 17.6. The van der Waals surface area contributed by atoms with Gasteiger partial charge in [-0.3, -0.25) is 4.68 Å². The van der Waals surface area contributed by atoms with Crippen molar-refractivity contribution in [1.82, 2.24) is 14.8 Å². The van der Waals surface area contributed by atoms with Crippen molar-refractivity contribution >= 4 is 17.3 Å². The van der Waals surface area contributed by atoms with Gasteiger partial charge in [0.2, 0.25) is 0 Å². The average Bonchev–Trinajstić information content (AvgIpc) is 3.02. The minimum Gasteiger partial charge on any atom is -0.393 e. The number of aryl methyl sites for hydroxylation is 1. The fourth-order valence-electron chi connectivity index (χ4n) is 2.94. The van der Waals surface area contributed by atoms with E-state index < -0.39 is 6.67 Å². The van der Waals surface area contributed by atoms with Crippen LogP contribution in [0.25, 0.3) is 0 Å². The first-order valence-corrected chi connectivity index (χ1v) is 8.72. The summed E-state index contributed by atoms with van der Waals surface area (Å²) in [6.07, 6.45) is 8.24. The highest BCUT2D eigenvalue weighted by Gasteiger charge is 2.20. The number of aliphatic hydroxyl groups is 1. The second kappa shape index (κ2) is 8.32. The lowest BCUT2D eigenvalue weighted by Gasteiger charge is -2.27. The van der Waals surface area contributed by atoms with Crippen LogP contribution in [0.5, 0.6) is 0 Å². The van der Waals surface area contributed by atoms with Crippen molar-refractivity contribution in [3.05, 3.63) is 40.9 Å². The molecular weight excluding hydrogens is 343 g/mol. The molecule has 132 valence electrons. The maximum absolute atomic E-state index is 12.3. The third kappa shape index (κ3) is 4.94. The summed E-state index contributed by atoms with van der Waals surface area (Å²) in [7, 11) is 0. The monoisotopic (exact) mass is 362 g/mol. The number of alkyl halides is 1. The zero-order valence-corrected chi connectivity index (χ0v) is 14.5. The summed E-state index contributed by atoms with van der Waals surface area (Å²) < 4.78 is 13.9. The summed E-state index contributed by atoms with van der Waals surface area (Å²) in [6, 6.07) is 1.94. The number of anilines is 1. The first kappa shape index (κ1) is 17.7. The second-order valence-electron chi connectivity index (χ2n) is 6.15. The van der Waals surface area contributed by atoms with Gasteiger partial charge in [0.15, 0.2) is 0 Å². The van der Waals surface area contributed by atoms with Gasteiger partial charge in [0, 0.05) is 18.4 Å². The molecule has 0 aliphatic heterocycles. The van der Waals surface area contributed by atoms with E-state index in [-0.39, 0.29) is 18.7 Å². The highest BCUT2D eigenvalue weighted by molar-refractivity contribution is 6.29. The van der Waals surface area contributed by atoms with Gasteiger partial charge < -0.3 is 10.4 Å². The van der Waals surface area contributed by atoms with E-state index in [1.807, 2.05) is 0 Å². The Morgan fingerprint density at radius 2 is 2.24 bits per heavy atom. The topological polar surface area (TPSA) is 63.0 Å². The standard InChI is InChI=1S/C18H20ClFN4O/c19-18-9-17(23-15-2-1-3-16(25)8-15)14(11-21-18)5-4-13-10-22-24(12-13)7-6-20/h9-12,15-16,25H,1-3,6-8H2,(H,21,23)/t15-,16-/m0/s1. The predicted octanol–water partition coefficient (Wildman–Crippen LogP) is 3.02. The van der Waals surface area contributed by atoms with Crippen LogP contribution in [0.1, 0.15) is 36.8 Å². The van der Waals surface area contributed by atoms with Crippen molar-refractivity contribution in [3.8, 4) is 11.8 Å². The van der Waals surface area contributed by atoms with Gasteiger partial charge in [-0.25, -0.2) is 9.37 Å². The molecule has 1 aliphatic rings. The maximum Gasteiger partial charge on any atom is 0.131 e. The van der Waals surface area contributed by atoms with Crippen LogP contribution >= 0.6 is 11.6 Å². The summed E-state index contributed by atoms with van der Waals surface area (Å²) in [5.74, 6) is 6.09. The molecule has 2 N–H and O–H groups in total. The van der Waals surface area contributed by atoms with E-state index in [2.05, 4.69) is 27.2 Å². The van der Waals surface area contributed by atoms with Gasteiger partial charge in [0.1, 0.15) is 11.8 Å². The van der Waals surface area contributed by atoms with E-state index in [9.17, 15) is 9.50 Å². The van der Waals surface area contributed by atoms with Crippen LogP contribution in [0.3, 0.4) is 0 Å². The summed E-state index contributed by atoms with van der Waals surface area (Å²) in [5.41, 5.74) is 2.24. The van der Waals surface area contributed by atoms with Crippen molar-refractivity contribution < 1.29 is 9.50 Å². The molecule has 2 heterocycles. The summed E-state index contributed by atoms with van der Waals surface area (Å²) in [4.78, 5) is 4.10. The van der Waals surface area contributed by atoms with E-state index >= 15 is 0 Å². The fourth-order valence-corrected chi connectivity index (χ4v) is 3.10. The number of aromatic nitrogens is 3. The summed E-state index contributed by atoms with van der Waals surface area (Å²) in [6.45, 7) is -0.238. The predicted molar refractivity (Wildman–Crippen MR) is 95.3 cm³/mol. The average molecular weight is 363 g/mol. The van der Waals surface area contributed by atoms with E-state index in [1.54, 1.807) is 24.7 Å². The van der Waals surface area contributed by atoms with Crippen LogP contribution in [-0.4, -0.2) is 38.7 Å². The van der Waals surface area contributed by atoms with Gasteiger partial charge in [0.25, 0.3) is 0 Å². The van der Waals surface area contributed by atoms with Gasteiger partial charge >= 0.3 is 0 Å². The lowest BCUT2D eigenvalue weighted by molar-refractivity contribution is 0.124. The highest BCUT2D eigenvalue weighted by atomic mass is 35.5. The first-order chi connectivity index (χ1) is 12.1. The van der Waals surface area contributed by atoms with E-state index in [0.29, 0.717) is 17.1 Å². The maximum atomic E-state index is 12.3. The largest absolute Gasteiger partial charge is 0.393 e. The van der Waals surface area contributed by atoms with Crippen LogP contribution in [0.2, 0.25) is 5.15 Å². The first-order valence-electron chi connectivity index (χ1n) is 8.34. The van der Waals surface area contributed by atoms with Crippen LogP contribution in [0, 0.1) is 11.8 Å². The Kier molecular flexibility index (Phi) is 5.90. The molecule has 1 aliphatic carbocycles. The van der Waals surface area contributed by atoms with Gasteiger partial charge in [0.05, 0.1) is 35.7 Å². The molecule has 0 bridgehead atoms. The van der Waals surface area contributed by atoms with Crippen molar-refractivity contribution in [1.29, 1.82) is 0 Å². The van der Waals surface area contributed by atoms with Gasteiger partial charge in [-0.15, -0.1) is 0 Å². The van der Waals surface area contributed by atoms with Crippen molar-refractivity contribution in [2.24, 2.45) is 0 Å². The van der Waals surface area contributed by atoms with E-state index in [1.165, 1.54) is 4.68 Å². The molecule has 3 rings (SSSR count). The molecular formula is C18H20ClFN4O. The van der Waals surface area contributed by atoms with E-state index in [0.717, 1.165) is 30.5 Å². The quantitative estimate of drug-likeness (QED) is 0.648. The van der Waals surface area contributed by atoms with Crippen LogP contribution < -0.4 is 5.32 Å². The normalized spacial score (nSPS) is 20.0. The Morgan fingerprint density at radius 1 is 1.36 bits per heavy atom. The lowest BCUT2D eigenvalue weighted by atomic mass is 9.93. The molecule has 1 saturated carbocycles. The van der Waals surface area contributed by atoms with Gasteiger partial charge in [-0.2, -0.15) is 5.10 Å². The number of hydrogen-bond acceptors (Lipinski definition) is 4.